The first kappa shape index (κ1) is 32.5. The van der Waals surface area contributed by atoms with E-state index in [0.717, 1.165) is 5.56 Å². The molecular formula is C29H39N3O8. The van der Waals surface area contributed by atoms with Crippen molar-refractivity contribution in [2.24, 2.45) is 23.7 Å². The van der Waals surface area contributed by atoms with Crippen molar-refractivity contribution in [2.45, 2.75) is 66.0 Å². The number of imide groups is 2. The maximum absolute atomic E-state index is 13.1. The van der Waals surface area contributed by atoms with E-state index in [2.05, 4.69) is 10.3 Å². The zero-order valence-corrected chi connectivity index (χ0v) is 23.6. The molecule has 11 heteroatoms. The van der Waals surface area contributed by atoms with E-state index in [4.69, 9.17) is 4.74 Å². The summed E-state index contributed by atoms with van der Waals surface area (Å²) in [6.07, 6.45) is -6.98. The Morgan fingerprint density at radius 3 is 1.70 bits per heavy atom. The summed E-state index contributed by atoms with van der Waals surface area (Å²) in [6, 6.07) is 11.7. The second kappa shape index (κ2) is 14.6. The second-order valence-corrected chi connectivity index (χ2v) is 10.5. The summed E-state index contributed by atoms with van der Waals surface area (Å²) in [4.78, 5) is 54.5. The third-order valence-corrected chi connectivity index (χ3v) is 6.91. The van der Waals surface area contributed by atoms with Gasteiger partial charge >= 0.3 is 0 Å². The highest BCUT2D eigenvalue weighted by atomic mass is 16.5. The van der Waals surface area contributed by atoms with Crippen LogP contribution in [-0.4, -0.2) is 68.3 Å². The van der Waals surface area contributed by atoms with Crippen LogP contribution in [0, 0.1) is 23.7 Å². The molecule has 0 fully saturated rings. The first-order chi connectivity index (χ1) is 18.7. The molecule has 6 atom stereocenters. The Labute approximate surface area is 234 Å². The number of rotatable bonds is 12. The van der Waals surface area contributed by atoms with E-state index in [0.29, 0.717) is 5.69 Å². The van der Waals surface area contributed by atoms with Crippen molar-refractivity contribution in [1.29, 1.82) is 0 Å². The number of pyridine rings is 1. The number of ether oxygens (including phenoxy) is 1. The predicted octanol–water partition coefficient (Wildman–Crippen LogP) is 1.45. The van der Waals surface area contributed by atoms with E-state index in [-0.39, 0.29) is 17.6 Å². The molecule has 4 amide bonds. The molecule has 0 spiro atoms. The molecule has 40 heavy (non-hydrogen) atoms. The summed E-state index contributed by atoms with van der Waals surface area (Å²) in [6.45, 7) is 10.3. The normalized spacial score (nSPS) is 15.9. The summed E-state index contributed by atoms with van der Waals surface area (Å²) < 4.78 is 5.67. The number of hydrogen-bond acceptors (Lipinski definition) is 9. The maximum atomic E-state index is 13.1. The van der Waals surface area contributed by atoms with Gasteiger partial charge in [-0.05, 0) is 48.2 Å². The highest BCUT2D eigenvalue weighted by Gasteiger charge is 2.41. The highest BCUT2D eigenvalue weighted by Crippen LogP contribution is 2.23. The average molecular weight is 558 g/mol. The van der Waals surface area contributed by atoms with Gasteiger partial charge in [0.25, 0.3) is 11.8 Å². The molecule has 0 bridgehead atoms. The lowest BCUT2D eigenvalue weighted by Crippen LogP contribution is -2.58. The Morgan fingerprint density at radius 1 is 0.700 bits per heavy atom. The zero-order chi connectivity index (χ0) is 30.1. The summed E-state index contributed by atoms with van der Waals surface area (Å²) in [5, 5.41) is 36.0. The maximum Gasteiger partial charge on any atom is 0.270 e. The molecule has 1 aromatic carbocycles. The molecule has 0 aliphatic rings. The van der Waals surface area contributed by atoms with Crippen LogP contribution in [0.3, 0.4) is 0 Å². The van der Waals surface area contributed by atoms with Crippen molar-refractivity contribution in [3.63, 3.8) is 0 Å². The number of aliphatic hydroxyl groups excluding tert-OH is 3. The lowest BCUT2D eigenvalue weighted by Gasteiger charge is -2.29. The minimum Gasteiger partial charge on any atom is -0.478 e. The summed E-state index contributed by atoms with van der Waals surface area (Å²) in [5.41, 5.74) is 1.42. The molecule has 5 N–H and O–H groups in total. The van der Waals surface area contributed by atoms with Crippen LogP contribution in [-0.2, 0) is 19.2 Å². The topological polar surface area (TPSA) is 175 Å². The zero-order valence-electron chi connectivity index (χ0n) is 23.6. The van der Waals surface area contributed by atoms with Gasteiger partial charge in [0.05, 0.1) is 5.69 Å². The molecule has 1 heterocycles. The number of carbonyl (C=O) groups is 4. The number of carbonyl (C=O) groups excluding carboxylic acids is 4. The Hall–Kier alpha value is -3.67. The van der Waals surface area contributed by atoms with E-state index in [1.807, 2.05) is 11.4 Å². The largest absolute Gasteiger partial charge is 0.478 e. The van der Waals surface area contributed by atoms with Crippen molar-refractivity contribution >= 4 is 23.6 Å². The van der Waals surface area contributed by atoms with Crippen LogP contribution in [0.1, 0.15) is 41.5 Å². The van der Waals surface area contributed by atoms with Gasteiger partial charge in [-0.2, -0.15) is 0 Å². The average Bonchev–Trinajstić information content (AvgIpc) is 2.94. The van der Waals surface area contributed by atoms with Gasteiger partial charge in [-0.15, -0.1) is 0 Å². The molecule has 11 nitrogen and oxygen atoms in total. The fourth-order valence-corrected chi connectivity index (χ4v) is 3.40. The Bertz CT molecular complexity index is 1150. The van der Waals surface area contributed by atoms with Crippen molar-refractivity contribution in [3.05, 3.63) is 48.7 Å². The number of nitrogens with one attached hydrogen (secondary N) is 2. The SMILES string of the molecule is CC(C)[C@H](C)C(=O)NC(=O)[C@H](O)[C@H](O)[C@@H](O)[C@@H](Oc1ccc(-c2ccccn2)cc1)C(=O)NC(=O)[C@@H](C)C(C)C. The molecule has 0 saturated carbocycles. The van der Waals surface area contributed by atoms with E-state index in [1.54, 1.807) is 72.0 Å². The molecular weight excluding hydrogens is 518 g/mol. The molecule has 2 aromatic rings. The molecule has 0 aliphatic heterocycles. The van der Waals surface area contributed by atoms with Gasteiger partial charge in [-0.25, -0.2) is 0 Å². The van der Waals surface area contributed by atoms with Crippen LogP contribution in [0.15, 0.2) is 48.7 Å². The van der Waals surface area contributed by atoms with E-state index >= 15 is 0 Å². The quantitative estimate of drug-likeness (QED) is 0.259. The lowest BCUT2D eigenvalue weighted by atomic mass is 9.96. The molecule has 218 valence electrons. The summed E-state index contributed by atoms with van der Waals surface area (Å²) in [7, 11) is 0. The van der Waals surface area contributed by atoms with Gasteiger partial charge in [-0.3, -0.25) is 34.8 Å². The van der Waals surface area contributed by atoms with Gasteiger partial charge in [0.15, 0.2) is 6.10 Å². The number of hydrogen-bond donors (Lipinski definition) is 5. The first-order valence-corrected chi connectivity index (χ1v) is 13.2. The molecule has 0 aliphatic carbocycles. The van der Waals surface area contributed by atoms with Crippen LogP contribution >= 0.6 is 0 Å². The van der Waals surface area contributed by atoms with Crippen molar-refractivity contribution in [1.82, 2.24) is 15.6 Å². The Morgan fingerprint density at radius 2 is 1.23 bits per heavy atom. The number of amides is 4. The number of aromatic nitrogens is 1. The van der Waals surface area contributed by atoms with Gasteiger partial charge < -0.3 is 20.1 Å². The smallest absolute Gasteiger partial charge is 0.270 e. The van der Waals surface area contributed by atoms with Crippen LogP contribution in [0.25, 0.3) is 11.3 Å². The van der Waals surface area contributed by atoms with Crippen molar-refractivity contribution in [2.75, 3.05) is 0 Å². The molecule has 1 aromatic heterocycles. The standard InChI is InChI=1S/C29H39N3O8/c1-15(2)17(5)26(36)31-28(38)24(35)22(33)23(34)25(29(39)32-27(37)18(6)16(3)4)40-20-12-10-19(11-13-20)21-9-7-8-14-30-21/h7-18,22-25,33-35H,1-6H3,(H,31,36,38)(H,32,37,39)/t17-,18-,22+,23+,24+,25+/m0/s1. The Balaban J connectivity index is 2.27. The third kappa shape index (κ3) is 8.67. The van der Waals surface area contributed by atoms with Crippen LogP contribution in [0.5, 0.6) is 5.75 Å². The van der Waals surface area contributed by atoms with E-state index in [9.17, 15) is 34.5 Å². The second-order valence-electron chi connectivity index (χ2n) is 10.5. The van der Waals surface area contributed by atoms with Crippen molar-refractivity contribution in [3.8, 4) is 17.0 Å². The fourth-order valence-electron chi connectivity index (χ4n) is 3.40. The molecule has 0 saturated heterocycles. The monoisotopic (exact) mass is 557 g/mol. The lowest BCUT2D eigenvalue weighted by molar-refractivity contribution is -0.156. The van der Waals surface area contributed by atoms with Gasteiger partial charge in [0, 0.05) is 23.6 Å². The van der Waals surface area contributed by atoms with Gasteiger partial charge in [0.2, 0.25) is 17.9 Å². The molecule has 0 radical (unpaired) electrons. The fraction of sp³-hybridized carbons (Fsp3) is 0.483. The minimum atomic E-state index is -2.28. The van der Waals surface area contributed by atoms with Gasteiger partial charge in [-0.1, -0.05) is 47.6 Å². The van der Waals surface area contributed by atoms with Crippen molar-refractivity contribution < 1.29 is 39.2 Å². The minimum absolute atomic E-state index is 0.0929. The van der Waals surface area contributed by atoms with Crippen LogP contribution in [0.2, 0.25) is 0 Å². The third-order valence-electron chi connectivity index (χ3n) is 6.91. The number of nitrogens with zero attached hydrogens (tertiary/aromatic N) is 1. The van der Waals surface area contributed by atoms with E-state index in [1.165, 1.54) is 12.1 Å². The van der Waals surface area contributed by atoms with E-state index < -0.39 is 59.9 Å². The summed E-state index contributed by atoms with van der Waals surface area (Å²) in [5.74, 6) is -4.88. The number of benzene rings is 1. The molecule has 2 rings (SSSR count). The molecule has 0 unspecified atom stereocenters. The van der Waals surface area contributed by atoms with Crippen LogP contribution in [0.4, 0.5) is 0 Å². The predicted molar refractivity (Wildman–Crippen MR) is 146 cm³/mol. The van der Waals surface area contributed by atoms with Crippen LogP contribution < -0.4 is 15.4 Å². The summed E-state index contributed by atoms with van der Waals surface area (Å²) >= 11 is 0. The highest BCUT2D eigenvalue weighted by molar-refractivity contribution is 5.99. The Kier molecular flexibility index (Phi) is 11.9. The first-order valence-electron chi connectivity index (χ1n) is 13.2. The number of aliphatic hydroxyl groups is 3. The van der Waals surface area contributed by atoms with Gasteiger partial charge in [0.1, 0.15) is 18.0 Å².